The molecule has 1 aromatic heterocycles. The lowest BCUT2D eigenvalue weighted by Crippen LogP contribution is -2.21. The normalized spacial score (nSPS) is 11.3. The van der Waals surface area contributed by atoms with E-state index in [1.54, 1.807) is 0 Å². The molecule has 2 aromatic rings. The molecule has 1 aromatic carbocycles. The Bertz CT molecular complexity index is 600. The molecule has 0 aliphatic heterocycles. The highest BCUT2D eigenvalue weighted by atomic mass is 79.9. The van der Waals surface area contributed by atoms with Crippen molar-refractivity contribution in [3.63, 3.8) is 0 Å². The third kappa shape index (κ3) is 3.37. The molecule has 1 heterocycles. The molecule has 20 heavy (non-hydrogen) atoms. The average molecular weight is 346 g/mol. The van der Waals surface area contributed by atoms with Gasteiger partial charge in [-0.15, -0.1) is 5.10 Å². The minimum Gasteiger partial charge on any atom is -0.310 e. The standard InChI is InChI=1S/C12H14BrF2N5/c1-7(2)5-16-6-12-17-18-19-20(12)11-3-8(13)9(14)4-10(11)15/h3-4,7,16H,5-6H2,1-2H3. The van der Waals surface area contributed by atoms with E-state index in [9.17, 15) is 8.78 Å². The summed E-state index contributed by atoms with van der Waals surface area (Å²) in [6, 6.07) is 2.11. The molecule has 5 nitrogen and oxygen atoms in total. The van der Waals surface area contributed by atoms with Crippen LogP contribution in [-0.4, -0.2) is 26.8 Å². The molecular formula is C12H14BrF2N5. The number of nitrogens with zero attached hydrogens (tertiary/aromatic N) is 4. The maximum absolute atomic E-state index is 13.8. The zero-order valence-corrected chi connectivity index (χ0v) is 12.7. The number of hydrogen-bond donors (Lipinski definition) is 1. The summed E-state index contributed by atoms with van der Waals surface area (Å²) < 4.78 is 28.5. The van der Waals surface area contributed by atoms with Crippen LogP contribution in [-0.2, 0) is 6.54 Å². The summed E-state index contributed by atoms with van der Waals surface area (Å²) in [5, 5.41) is 14.3. The summed E-state index contributed by atoms with van der Waals surface area (Å²) in [6.07, 6.45) is 0. The van der Waals surface area contributed by atoms with E-state index in [4.69, 9.17) is 0 Å². The van der Waals surface area contributed by atoms with Crippen molar-refractivity contribution in [2.45, 2.75) is 20.4 Å². The zero-order valence-electron chi connectivity index (χ0n) is 11.1. The van der Waals surface area contributed by atoms with Crippen LogP contribution in [0.15, 0.2) is 16.6 Å². The van der Waals surface area contributed by atoms with E-state index < -0.39 is 11.6 Å². The lowest BCUT2D eigenvalue weighted by Gasteiger charge is -2.09. The number of benzene rings is 1. The molecule has 0 saturated heterocycles. The first-order chi connectivity index (χ1) is 9.49. The van der Waals surface area contributed by atoms with Crippen LogP contribution in [0.4, 0.5) is 8.78 Å². The quantitative estimate of drug-likeness (QED) is 0.845. The molecule has 1 N–H and O–H groups in total. The van der Waals surface area contributed by atoms with Gasteiger partial charge in [0.25, 0.3) is 0 Å². The Balaban J connectivity index is 2.25. The number of halogens is 3. The Morgan fingerprint density at radius 3 is 2.75 bits per heavy atom. The largest absolute Gasteiger partial charge is 0.310 e. The van der Waals surface area contributed by atoms with Crippen molar-refractivity contribution in [3.05, 3.63) is 34.1 Å². The summed E-state index contributed by atoms with van der Waals surface area (Å²) in [5.74, 6) is -0.444. The molecule has 0 atom stereocenters. The number of nitrogens with one attached hydrogen (secondary N) is 1. The second kappa shape index (κ2) is 6.36. The van der Waals surface area contributed by atoms with Crippen molar-refractivity contribution in [1.29, 1.82) is 0 Å². The second-order valence-electron chi connectivity index (χ2n) is 4.75. The monoisotopic (exact) mass is 345 g/mol. The summed E-state index contributed by atoms with van der Waals surface area (Å²) in [4.78, 5) is 0. The van der Waals surface area contributed by atoms with E-state index in [1.165, 1.54) is 10.7 Å². The molecule has 0 radical (unpaired) electrons. The Labute approximate surface area is 123 Å². The van der Waals surface area contributed by atoms with Crippen LogP contribution in [0.1, 0.15) is 19.7 Å². The smallest absolute Gasteiger partial charge is 0.170 e. The molecule has 0 amide bonds. The molecule has 8 heteroatoms. The Kier molecular flexibility index (Phi) is 4.77. The van der Waals surface area contributed by atoms with Gasteiger partial charge in [0.2, 0.25) is 0 Å². The van der Waals surface area contributed by atoms with Gasteiger partial charge in [0.1, 0.15) is 11.5 Å². The summed E-state index contributed by atoms with van der Waals surface area (Å²) >= 11 is 3.02. The maximum atomic E-state index is 13.8. The van der Waals surface area contributed by atoms with Crippen LogP contribution in [0.2, 0.25) is 0 Å². The molecule has 0 fully saturated rings. The van der Waals surface area contributed by atoms with Gasteiger partial charge in [-0.1, -0.05) is 13.8 Å². The number of rotatable bonds is 5. The van der Waals surface area contributed by atoms with E-state index in [0.29, 0.717) is 18.3 Å². The van der Waals surface area contributed by atoms with Gasteiger partial charge >= 0.3 is 0 Å². The molecule has 0 saturated carbocycles. The predicted octanol–water partition coefficient (Wildman–Crippen LogP) is 2.45. The zero-order chi connectivity index (χ0) is 14.7. The van der Waals surface area contributed by atoms with Gasteiger partial charge in [-0.05, 0) is 44.9 Å². The minimum absolute atomic E-state index is 0.102. The first-order valence-corrected chi connectivity index (χ1v) is 6.91. The lowest BCUT2D eigenvalue weighted by molar-refractivity contribution is 0.531. The average Bonchev–Trinajstić information content (AvgIpc) is 2.81. The van der Waals surface area contributed by atoms with Crippen LogP contribution >= 0.6 is 15.9 Å². The second-order valence-corrected chi connectivity index (χ2v) is 5.60. The Morgan fingerprint density at radius 1 is 1.30 bits per heavy atom. The first-order valence-electron chi connectivity index (χ1n) is 6.12. The van der Waals surface area contributed by atoms with Gasteiger partial charge in [0.15, 0.2) is 11.6 Å². The van der Waals surface area contributed by atoms with Crippen molar-refractivity contribution in [3.8, 4) is 5.69 Å². The molecule has 0 unspecified atom stereocenters. The third-order valence-electron chi connectivity index (χ3n) is 2.59. The van der Waals surface area contributed by atoms with Crippen LogP contribution in [0.25, 0.3) is 5.69 Å². The molecule has 0 spiro atoms. The molecule has 0 aliphatic carbocycles. The highest BCUT2D eigenvalue weighted by Gasteiger charge is 2.15. The number of hydrogen-bond acceptors (Lipinski definition) is 4. The van der Waals surface area contributed by atoms with Crippen molar-refractivity contribution >= 4 is 15.9 Å². The fraction of sp³-hybridized carbons (Fsp3) is 0.417. The predicted molar refractivity (Wildman–Crippen MR) is 73.3 cm³/mol. The topological polar surface area (TPSA) is 55.6 Å². The van der Waals surface area contributed by atoms with Gasteiger partial charge in [0, 0.05) is 6.07 Å². The van der Waals surface area contributed by atoms with E-state index in [-0.39, 0.29) is 10.2 Å². The SMILES string of the molecule is CC(C)CNCc1nnnn1-c1cc(Br)c(F)cc1F. The molecule has 2 rings (SSSR count). The highest BCUT2D eigenvalue weighted by molar-refractivity contribution is 9.10. The van der Waals surface area contributed by atoms with Crippen molar-refractivity contribution < 1.29 is 8.78 Å². The summed E-state index contributed by atoms with van der Waals surface area (Å²) in [5.41, 5.74) is 0.102. The highest BCUT2D eigenvalue weighted by Crippen LogP contribution is 2.22. The molecular weight excluding hydrogens is 332 g/mol. The Hall–Kier alpha value is -1.41. The van der Waals surface area contributed by atoms with E-state index in [1.807, 2.05) is 0 Å². The van der Waals surface area contributed by atoms with Crippen molar-refractivity contribution in [1.82, 2.24) is 25.5 Å². The van der Waals surface area contributed by atoms with Gasteiger partial charge < -0.3 is 5.32 Å². The lowest BCUT2D eigenvalue weighted by atomic mass is 10.2. The fourth-order valence-electron chi connectivity index (χ4n) is 1.65. The molecule has 108 valence electrons. The van der Waals surface area contributed by atoms with Gasteiger partial charge in [-0.2, -0.15) is 4.68 Å². The molecule has 0 aliphatic rings. The summed E-state index contributed by atoms with van der Waals surface area (Å²) in [7, 11) is 0. The van der Waals surface area contributed by atoms with Crippen LogP contribution in [0.3, 0.4) is 0 Å². The van der Waals surface area contributed by atoms with Crippen LogP contribution in [0.5, 0.6) is 0 Å². The van der Waals surface area contributed by atoms with Crippen molar-refractivity contribution in [2.24, 2.45) is 5.92 Å². The van der Waals surface area contributed by atoms with Gasteiger partial charge in [-0.3, -0.25) is 0 Å². The number of tetrazole rings is 1. The first kappa shape index (κ1) is 15.0. The minimum atomic E-state index is -0.719. The van der Waals surface area contributed by atoms with Crippen molar-refractivity contribution in [2.75, 3.05) is 6.54 Å². The maximum Gasteiger partial charge on any atom is 0.170 e. The Morgan fingerprint density at radius 2 is 2.05 bits per heavy atom. The van der Waals surface area contributed by atoms with E-state index in [0.717, 1.165) is 12.6 Å². The summed E-state index contributed by atoms with van der Waals surface area (Å²) in [6.45, 7) is 5.35. The number of aromatic nitrogens is 4. The molecule has 0 bridgehead atoms. The van der Waals surface area contributed by atoms with E-state index >= 15 is 0 Å². The fourth-order valence-corrected chi connectivity index (χ4v) is 1.98. The van der Waals surface area contributed by atoms with Gasteiger partial charge in [-0.25, -0.2) is 8.78 Å². The van der Waals surface area contributed by atoms with Crippen LogP contribution in [0, 0.1) is 17.6 Å². The van der Waals surface area contributed by atoms with E-state index in [2.05, 4.69) is 50.6 Å². The third-order valence-corrected chi connectivity index (χ3v) is 3.20. The van der Waals surface area contributed by atoms with Gasteiger partial charge in [0.05, 0.1) is 11.0 Å². The van der Waals surface area contributed by atoms with Crippen LogP contribution < -0.4 is 5.32 Å².